The van der Waals surface area contributed by atoms with Gasteiger partial charge in [-0.3, -0.25) is 4.79 Å². The summed E-state index contributed by atoms with van der Waals surface area (Å²) in [4.78, 5) is 16.0. The van der Waals surface area contributed by atoms with Gasteiger partial charge in [-0.05, 0) is 35.9 Å². The number of hydrogen-bond donors (Lipinski definition) is 1. The van der Waals surface area contributed by atoms with E-state index >= 15 is 0 Å². The minimum Gasteiger partial charge on any atom is -0.457 e. The summed E-state index contributed by atoms with van der Waals surface area (Å²) < 4.78 is 48.3. The highest BCUT2D eigenvalue weighted by atomic mass is 19.1. The van der Waals surface area contributed by atoms with Gasteiger partial charge in [0.1, 0.15) is 29.0 Å². The van der Waals surface area contributed by atoms with Gasteiger partial charge in [0.2, 0.25) is 0 Å². The zero-order chi connectivity index (χ0) is 21.3. The lowest BCUT2D eigenvalue weighted by Crippen LogP contribution is -2.14. The molecule has 0 saturated heterocycles. The third-order valence-electron chi connectivity index (χ3n) is 4.60. The molecule has 1 N–H and O–H groups in total. The topological polar surface area (TPSA) is 64.4 Å². The highest BCUT2D eigenvalue weighted by molar-refractivity contribution is 5.79. The first-order chi connectivity index (χ1) is 14.4. The molecule has 0 aliphatic heterocycles. The number of aliphatic hydroxyl groups is 1. The molecule has 30 heavy (non-hydrogen) atoms. The van der Waals surface area contributed by atoms with Crippen molar-refractivity contribution in [1.82, 2.24) is 9.55 Å². The van der Waals surface area contributed by atoms with E-state index in [1.807, 2.05) is 0 Å². The van der Waals surface area contributed by atoms with Crippen LogP contribution in [0.1, 0.15) is 11.1 Å². The van der Waals surface area contributed by atoms with Gasteiger partial charge in [-0.15, -0.1) is 0 Å². The maximum Gasteiger partial charge on any atom is 0.280 e. The van der Waals surface area contributed by atoms with Crippen molar-refractivity contribution < 1.29 is 23.0 Å². The zero-order valence-corrected chi connectivity index (χ0v) is 15.5. The van der Waals surface area contributed by atoms with Gasteiger partial charge in [-0.25, -0.2) is 13.2 Å². The number of hydrogen-bond acceptors (Lipinski definition) is 4. The van der Waals surface area contributed by atoms with Crippen LogP contribution in [0.5, 0.6) is 11.5 Å². The first-order valence-corrected chi connectivity index (χ1v) is 8.95. The van der Waals surface area contributed by atoms with Crippen molar-refractivity contribution in [3.63, 3.8) is 0 Å². The molecule has 0 saturated carbocycles. The Morgan fingerprint density at radius 2 is 1.60 bits per heavy atom. The van der Waals surface area contributed by atoms with Crippen LogP contribution in [0.15, 0.2) is 65.7 Å². The van der Waals surface area contributed by atoms with E-state index in [1.54, 1.807) is 36.4 Å². The minimum absolute atomic E-state index is 0.0866. The summed E-state index contributed by atoms with van der Waals surface area (Å²) in [6, 6.07) is 12.6. The molecule has 0 amide bonds. The largest absolute Gasteiger partial charge is 0.457 e. The Morgan fingerprint density at radius 1 is 0.933 bits per heavy atom. The molecule has 0 fully saturated rings. The lowest BCUT2D eigenvalue weighted by atomic mass is 10.1. The van der Waals surface area contributed by atoms with Gasteiger partial charge in [0, 0.05) is 17.7 Å². The van der Waals surface area contributed by atoms with Crippen LogP contribution in [-0.4, -0.2) is 14.7 Å². The van der Waals surface area contributed by atoms with Crippen molar-refractivity contribution in [3.05, 3.63) is 99.9 Å². The Kier molecular flexibility index (Phi) is 5.24. The normalized spacial score (nSPS) is 11.1. The first kappa shape index (κ1) is 19.7. The van der Waals surface area contributed by atoms with Crippen LogP contribution >= 0.6 is 0 Å². The second kappa shape index (κ2) is 8.00. The van der Waals surface area contributed by atoms with E-state index in [-0.39, 0.29) is 24.1 Å². The van der Waals surface area contributed by atoms with Gasteiger partial charge >= 0.3 is 0 Å². The molecule has 5 nitrogen and oxygen atoms in total. The lowest BCUT2D eigenvalue weighted by molar-refractivity contribution is 0.281. The van der Waals surface area contributed by atoms with E-state index in [0.717, 1.165) is 5.56 Å². The van der Waals surface area contributed by atoms with Crippen LogP contribution in [0.4, 0.5) is 13.2 Å². The van der Waals surface area contributed by atoms with E-state index in [1.165, 1.54) is 17.0 Å². The van der Waals surface area contributed by atoms with E-state index in [2.05, 4.69) is 4.98 Å². The van der Waals surface area contributed by atoms with Crippen LogP contribution in [0.25, 0.3) is 10.9 Å². The summed E-state index contributed by atoms with van der Waals surface area (Å²) in [7, 11) is 0. The van der Waals surface area contributed by atoms with Gasteiger partial charge < -0.3 is 14.4 Å². The fraction of sp³-hybridized carbons (Fsp3) is 0.0909. The van der Waals surface area contributed by atoms with Crippen LogP contribution in [0.2, 0.25) is 0 Å². The predicted molar refractivity (Wildman–Crippen MR) is 104 cm³/mol. The van der Waals surface area contributed by atoms with Gasteiger partial charge in [-0.1, -0.05) is 12.1 Å². The average Bonchev–Trinajstić information content (AvgIpc) is 2.73. The molecule has 1 heterocycles. The predicted octanol–water partition coefficient (Wildman–Crippen LogP) is 4.15. The van der Waals surface area contributed by atoms with Crippen LogP contribution < -0.4 is 10.3 Å². The Morgan fingerprint density at radius 3 is 2.27 bits per heavy atom. The molecule has 0 unspecified atom stereocenters. The SMILES string of the molecule is O=c1ncn(Cc2c(F)cc(F)cc2F)c2ccc(Oc3ccc(CO)cc3)cc12. The molecule has 0 aliphatic rings. The Labute approximate surface area is 168 Å². The summed E-state index contributed by atoms with van der Waals surface area (Å²) in [6.45, 7) is -0.360. The summed E-state index contributed by atoms with van der Waals surface area (Å²) in [6.07, 6.45) is 1.18. The van der Waals surface area contributed by atoms with Crippen molar-refractivity contribution in [2.75, 3.05) is 0 Å². The highest BCUT2D eigenvalue weighted by Crippen LogP contribution is 2.25. The van der Waals surface area contributed by atoms with E-state index in [0.29, 0.717) is 29.1 Å². The van der Waals surface area contributed by atoms with Crippen molar-refractivity contribution in [2.45, 2.75) is 13.2 Å². The second-order valence-corrected chi connectivity index (χ2v) is 6.61. The lowest BCUT2D eigenvalue weighted by Gasteiger charge is -2.13. The summed E-state index contributed by atoms with van der Waals surface area (Å²) >= 11 is 0. The van der Waals surface area contributed by atoms with E-state index in [9.17, 15) is 18.0 Å². The fourth-order valence-electron chi connectivity index (χ4n) is 3.07. The summed E-state index contributed by atoms with van der Waals surface area (Å²) in [5, 5.41) is 9.30. The third-order valence-corrected chi connectivity index (χ3v) is 4.60. The molecule has 0 atom stereocenters. The monoisotopic (exact) mass is 412 g/mol. The molecule has 0 radical (unpaired) electrons. The first-order valence-electron chi connectivity index (χ1n) is 8.95. The molecular weight excluding hydrogens is 397 g/mol. The van der Waals surface area contributed by atoms with Crippen molar-refractivity contribution in [1.29, 1.82) is 0 Å². The van der Waals surface area contributed by atoms with Crippen LogP contribution in [0, 0.1) is 17.5 Å². The number of rotatable bonds is 5. The molecular formula is C22H15F3N2O3. The number of aliphatic hydroxyl groups excluding tert-OH is 1. The van der Waals surface area contributed by atoms with Gasteiger partial charge in [0.05, 0.1) is 30.4 Å². The Hall–Kier alpha value is -3.65. The van der Waals surface area contributed by atoms with Crippen LogP contribution in [-0.2, 0) is 13.2 Å². The van der Waals surface area contributed by atoms with Crippen molar-refractivity contribution in [2.24, 2.45) is 0 Å². The molecule has 4 rings (SSSR count). The molecule has 4 aromatic rings. The number of aromatic nitrogens is 2. The molecule has 3 aromatic carbocycles. The fourth-order valence-corrected chi connectivity index (χ4v) is 3.07. The molecule has 8 heteroatoms. The number of benzene rings is 3. The summed E-state index contributed by atoms with van der Waals surface area (Å²) in [5.41, 5.74) is 0.254. The maximum atomic E-state index is 14.0. The molecule has 0 bridgehead atoms. The molecule has 152 valence electrons. The summed E-state index contributed by atoms with van der Waals surface area (Å²) in [5.74, 6) is -2.18. The quantitative estimate of drug-likeness (QED) is 0.535. The zero-order valence-electron chi connectivity index (χ0n) is 15.5. The van der Waals surface area contributed by atoms with Gasteiger partial charge in [0.15, 0.2) is 0 Å². The number of halogens is 3. The maximum absolute atomic E-state index is 14.0. The molecule has 1 aromatic heterocycles. The number of ether oxygens (including phenoxy) is 1. The minimum atomic E-state index is -1.02. The van der Waals surface area contributed by atoms with Crippen molar-refractivity contribution in [3.8, 4) is 11.5 Å². The average molecular weight is 412 g/mol. The highest BCUT2D eigenvalue weighted by Gasteiger charge is 2.14. The van der Waals surface area contributed by atoms with Crippen LogP contribution in [0.3, 0.4) is 0 Å². The van der Waals surface area contributed by atoms with E-state index in [4.69, 9.17) is 9.84 Å². The van der Waals surface area contributed by atoms with Crippen molar-refractivity contribution >= 4 is 10.9 Å². The second-order valence-electron chi connectivity index (χ2n) is 6.61. The number of fused-ring (bicyclic) bond motifs is 1. The number of nitrogens with zero attached hydrogens (tertiary/aromatic N) is 2. The smallest absolute Gasteiger partial charge is 0.280 e. The molecule has 0 spiro atoms. The Balaban J connectivity index is 1.70. The van der Waals surface area contributed by atoms with E-state index < -0.39 is 23.0 Å². The van der Waals surface area contributed by atoms with Gasteiger partial charge in [0.25, 0.3) is 5.56 Å². The third kappa shape index (κ3) is 3.90. The standard InChI is InChI=1S/C22H15F3N2O3/c23-14-7-19(24)18(20(25)8-14)10-27-12-26-22(29)17-9-16(5-6-21(17)27)30-15-3-1-13(11-28)2-4-15/h1-9,12,28H,10-11H2. The van der Waals surface area contributed by atoms with Gasteiger partial charge in [-0.2, -0.15) is 4.98 Å². The molecule has 0 aliphatic carbocycles. The Bertz CT molecular complexity index is 1260.